The van der Waals surface area contributed by atoms with Gasteiger partial charge in [-0.15, -0.1) is 0 Å². The second kappa shape index (κ2) is 5.66. The molecule has 0 saturated heterocycles. The number of halogens is 1. The topological polar surface area (TPSA) is 69.7 Å². The Bertz CT molecular complexity index is 422. The quantitative estimate of drug-likeness (QED) is 0.863. The molecule has 1 aromatic rings. The van der Waals surface area contributed by atoms with E-state index in [1.165, 1.54) is 12.1 Å². The zero-order valence-corrected chi connectivity index (χ0v) is 10.2. The van der Waals surface area contributed by atoms with Gasteiger partial charge in [0.2, 0.25) is 5.88 Å². The number of nitrogens with zero attached hydrogens (tertiary/aromatic N) is 2. The maximum Gasteiger partial charge on any atom is 0.282 e. The highest BCUT2D eigenvalue weighted by molar-refractivity contribution is 5.73. The standard InChI is InChI=1S/C12H16FN3O2/c1-2-10(5-9-7-17-12(14)16-9)18-11-4-3-8(13)6-15-11/h3-4,6,9-10H,2,5,7H2,1H3,(H2,14,16)/t9-,10+/m0/s1. The molecule has 0 spiro atoms. The van der Waals surface area contributed by atoms with Gasteiger partial charge in [0.1, 0.15) is 18.5 Å². The summed E-state index contributed by atoms with van der Waals surface area (Å²) in [6.45, 7) is 2.50. The smallest absolute Gasteiger partial charge is 0.282 e. The van der Waals surface area contributed by atoms with E-state index in [0.29, 0.717) is 18.9 Å². The summed E-state index contributed by atoms with van der Waals surface area (Å²) in [5.41, 5.74) is 5.44. The first-order valence-electron chi connectivity index (χ1n) is 5.91. The van der Waals surface area contributed by atoms with Gasteiger partial charge >= 0.3 is 0 Å². The third-order valence-corrected chi connectivity index (χ3v) is 2.71. The van der Waals surface area contributed by atoms with E-state index in [-0.39, 0.29) is 24.0 Å². The Kier molecular flexibility index (Phi) is 3.96. The minimum atomic E-state index is -0.378. The maximum absolute atomic E-state index is 12.7. The second-order valence-electron chi connectivity index (χ2n) is 4.13. The lowest BCUT2D eigenvalue weighted by Gasteiger charge is -2.18. The van der Waals surface area contributed by atoms with Gasteiger partial charge in [-0.25, -0.2) is 14.4 Å². The van der Waals surface area contributed by atoms with Crippen LogP contribution < -0.4 is 10.5 Å². The number of hydrogen-bond donors (Lipinski definition) is 1. The Labute approximate surface area is 105 Å². The molecule has 0 aromatic carbocycles. The molecule has 0 aliphatic carbocycles. The molecule has 0 amide bonds. The van der Waals surface area contributed by atoms with Crippen molar-refractivity contribution in [2.45, 2.75) is 31.9 Å². The van der Waals surface area contributed by atoms with E-state index in [2.05, 4.69) is 9.98 Å². The molecule has 2 N–H and O–H groups in total. The van der Waals surface area contributed by atoms with Crippen LogP contribution in [-0.4, -0.2) is 29.8 Å². The third kappa shape index (κ3) is 3.32. The molecule has 18 heavy (non-hydrogen) atoms. The minimum Gasteiger partial charge on any atom is -0.474 e. The number of ether oxygens (including phenoxy) is 2. The molecule has 6 heteroatoms. The lowest BCUT2D eigenvalue weighted by atomic mass is 10.1. The molecule has 1 aliphatic rings. The van der Waals surface area contributed by atoms with E-state index >= 15 is 0 Å². The number of amidine groups is 1. The number of aromatic nitrogens is 1. The lowest BCUT2D eigenvalue weighted by Crippen LogP contribution is -2.23. The van der Waals surface area contributed by atoms with Gasteiger partial charge < -0.3 is 15.2 Å². The monoisotopic (exact) mass is 253 g/mol. The molecule has 0 bridgehead atoms. The molecule has 0 unspecified atom stereocenters. The van der Waals surface area contributed by atoms with Crippen LogP contribution in [0.3, 0.4) is 0 Å². The predicted molar refractivity (Wildman–Crippen MR) is 64.9 cm³/mol. The van der Waals surface area contributed by atoms with Gasteiger partial charge in [0.15, 0.2) is 0 Å². The molecule has 0 fully saturated rings. The Morgan fingerprint density at radius 1 is 1.61 bits per heavy atom. The summed E-state index contributed by atoms with van der Waals surface area (Å²) in [6, 6.07) is 3.09. The molecule has 2 atom stereocenters. The first kappa shape index (κ1) is 12.6. The second-order valence-corrected chi connectivity index (χ2v) is 4.13. The van der Waals surface area contributed by atoms with Crippen LogP contribution in [0, 0.1) is 5.82 Å². The van der Waals surface area contributed by atoms with Crippen molar-refractivity contribution in [3.8, 4) is 5.88 Å². The summed E-state index contributed by atoms with van der Waals surface area (Å²) >= 11 is 0. The summed E-state index contributed by atoms with van der Waals surface area (Å²) in [5, 5.41) is 0. The predicted octanol–water partition coefficient (Wildman–Crippen LogP) is 1.48. The Morgan fingerprint density at radius 2 is 2.44 bits per heavy atom. The van der Waals surface area contributed by atoms with Crippen LogP contribution in [0.4, 0.5) is 4.39 Å². The molecule has 0 radical (unpaired) electrons. The fraction of sp³-hybridized carbons (Fsp3) is 0.500. The highest BCUT2D eigenvalue weighted by atomic mass is 19.1. The zero-order chi connectivity index (χ0) is 13.0. The molecule has 2 rings (SSSR count). The van der Waals surface area contributed by atoms with Crippen molar-refractivity contribution >= 4 is 6.02 Å². The number of rotatable bonds is 5. The lowest BCUT2D eigenvalue weighted by molar-refractivity contribution is 0.162. The number of pyridine rings is 1. The van der Waals surface area contributed by atoms with Crippen molar-refractivity contribution in [3.05, 3.63) is 24.1 Å². The van der Waals surface area contributed by atoms with Gasteiger partial charge in [-0.1, -0.05) is 6.92 Å². The summed E-state index contributed by atoms with van der Waals surface area (Å²) in [5.74, 6) is 0.0380. The van der Waals surface area contributed by atoms with Gasteiger partial charge in [0.05, 0.1) is 12.2 Å². The van der Waals surface area contributed by atoms with Crippen LogP contribution >= 0.6 is 0 Å². The van der Waals surface area contributed by atoms with Crippen LogP contribution in [0.5, 0.6) is 5.88 Å². The van der Waals surface area contributed by atoms with Crippen molar-refractivity contribution < 1.29 is 13.9 Å². The van der Waals surface area contributed by atoms with Crippen molar-refractivity contribution in [1.82, 2.24) is 4.98 Å². The van der Waals surface area contributed by atoms with Crippen LogP contribution in [-0.2, 0) is 4.74 Å². The first-order chi connectivity index (χ1) is 8.67. The van der Waals surface area contributed by atoms with E-state index < -0.39 is 0 Å². The van der Waals surface area contributed by atoms with Gasteiger partial charge in [0.25, 0.3) is 6.02 Å². The molecular weight excluding hydrogens is 237 g/mol. The Hall–Kier alpha value is -1.85. The SMILES string of the molecule is CC[C@H](C[C@H]1COC(N)=N1)Oc1ccc(F)cn1. The van der Waals surface area contributed by atoms with Crippen molar-refractivity contribution in [2.75, 3.05) is 6.61 Å². The highest BCUT2D eigenvalue weighted by Crippen LogP contribution is 2.17. The molecule has 1 aromatic heterocycles. The third-order valence-electron chi connectivity index (χ3n) is 2.71. The van der Waals surface area contributed by atoms with Crippen LogP contribution in [0.2, 0.25) is 0 Å². The summed E-state index contributed by atoms with van der Waals surface area (Å²) in [6.07, 6.45) is 2.61. The molecule has 1 aliphatic heterocycles. The highest BCUT2D eigenvalue weighted by Gasteiger charge is 2.22. The number of hydrogen-bond acceptors (Lipinski definition) is 5. The van der Waals surface area contributed by atoms with Crippen molar-refractivity contribution in [1.29, 1.82) is 0 Å². The minimum absolute atomic E-state index is 0.0235. The van der Waals surface area contributed by atoms with Gasteiger partial charge in [0, 0.05) is 12.5 Å². The van der Waals surface area contributed by atoms with Crippen LogP contribution in [0.25, 0.3) is 0 Å². The number of aliphatic imine (C=N–C) groups is 1. The van der Waals surface area contributed by atoms with Crippen molar-refractivity contribution in [2.24, 2.45) is 10.7 Å². The first-order valence-corrected chi connectivity index (χ1v) is 5.91. The molecule has 2 heterocycles. The Morgan fingerprint density at radius 3 is 3.00 bits per heavy atom. The van der Waals surface area contributed by atoms with E-state index in [4.69, 9.17) is 15.2 Å². The summed E-state index contributed by atoms with van der Waals surface area (Å²) in [7, 11) is 0. The van der Waals surface area contributed by atoms with Crippen molar-refractivity contribution in [3.63, 3.8) is 0 Å². The average Bonchev–Trinajstić information content (AvgIpc) is 2.77. The van der Waals surface area contributed by atoms with E-state index in [1.54, 1.807) is 0 Å². The van der Waals surface area contributed by atoms with E-state index in [9.17, 15) is 4.39 Å². The Balaban J connectivity index is 1.91. The van der Waals surface area contributed by atoms with Crippen LogP contribution in [0.1, 0.15) is 19.8 Å². The summed E-state index contributed by atoms with van der Waals surface area (Å²) < 4.78 is 23.5. The fourth-order valence-electron chi connectivity index (χ4n) is 1.76. The van der Waals surface area contributed by atoms with E-state index in [0.717, 1.165) is 12.6 Å². The zero-order valence-electron chi connectivity index (χ0n) is 10.2. The molecule has 5 nitrogen and oxygen atoms in total. The van der Waals surface area contributed by atoms with Gasteiger partial charge in [-0.3, -0.25) is 0 Å². The molecule has 0 saturated carbocycles. The normalized spacial score (nSPS) is 20.1. The largest absolute Gasteiger partial charge is 0.474 e. The number of nitrogens with two attached hydrogens (primary N) is 1. The molecule has 98 valence electrons. The van der Waals surface area contributed by atoms with Crippen LogP contribution in [0.15, 0.2) is 23.3 Å². The fourth-order valence-corrected chi connectivity index (χ4v) is 1.76. The van der Waals surface area contributed by atoms with Gasteiger partial charge in [-0.2, -0.15) is 0 Å². The van der Waals surface area contributed by atoms with Gasteiger partial charge in [-0.05, 0) is 12.5 Å². The average molecular weight is 253 g/mol. The van der Waals surface area contributed by atoms with E-state index in [1.807, 2.05) is 6.92 Å². The maximum atomic E-state index is 12.7. The molecular formula is C12H16FN3O2. The summed E-state index contributed by atoms with van der Waals surface area (Å²) in [4.78, 5) is 8.01.